The van der Waals surface area contributed by atoms with E-state index in [4.69, 9.17) is 14.2 Å². The van der Waals surface area contributed by atoms with E-state index >= 15 is 0 Å². The zero-order valence-corrected chi connectivity index (χ0v) is 22.3. The Morgan fingerprint density at radius 1 is 0.784 bits per heavy atom. The van der Waals surface area contributed by atoms with Crippen molar-refractivity contribution in [1.29, 1.82) is 0 Å². The fraction of sp³-hybridized carbons (Fsp3) is 0.333. The van der Waals surface area contributed by atoms with E-state index in [0.29, 0.717) is 30.8 Å². The SMILES string of the molecule is CCC(CC(C)c1ccc(O)cc1)c1ccc(OC(C)OCCOc2c(C)ccc3ccccc23)cc1. The van der Waals surface area contributed by atoms with Crippen LogP contribution >= 0.6 is 0 Å². The Morgan fingerprint density at radius 2 is 1.49 bits per heavy atom. The van der Waals surface area contributed by atoms with E-state index in [1.807, 2.05) is 43.3 Å². The van der Waals surface area contributed by atoms with E-state index in [1.54, 1.807) is 12.1 Å². The van der Waals surface area contributed by atoms with Gasteiger partial charge in [-0.3, -0.25) is 0 Å². The second-order valence-corrected chi connectivity index (χ2v) is 9.74. The molecule has 0 amide bonds. The fourth-order valence-corrected chi connectivity index (χ4v) is 4.85. The number of phenolic OH excluding ortho intramolecular Hbond substituents is 1. The first-order valence-corrected chi connectivity index (χ1v) is 13.2. The zero-order chi connectivity index (χ0) is 26.2. The number of hydrogen-bond donors (Lipinski definition) is 1. The summed E-state index contributed by atoms with van der Waals surface area (Å²) in [7, 11) is 0. The molecule has 4 aromatic carbocycles. The quantitative estimate of drug-likeness (QED) is 0.157. The van der Waals surface area contributed by atoms with Crippen molar-refractivity contribution in [3.8, 4) is 17.2 Å². The summed E-state index contributed by atoms with van der Waals surface area (Å²) in [6.45, 7) is 9.35. The highest BCUT2D eigenvalue weighted by Gasteiger charge is 2.16. The van der Waals surface area contributed by atoms with Gasteiger partial charge in [0.15, 0.2) is 6.29 Å². The van der Waals surface area contributed by atoms with Gasteiger partial charge >= 0.3 is 0 Å². The first-order valence-electron chi connectivity index (χ1n) is 13.2. The molecule has 0 bridgehead atoms. The molecule has 0 aromatic heterocycles. The van der Waals surface area contributed by atoms with Crippen LogP contribution in [0, 0.1) is 6.92 Å². The fourth-order valence-electron chi connectivity index (χ4n) is 4.85. The van der Waals surface area contributed by atoms with Gasteiger partial charge in [0, 0.05) is 5.39 Å². The van der Waals surface area contributed by atoms with E-state index < -0.39 is 0 Å². The lowest BCUT2D eigenvalue weighted by Crippen LogP contribution is -2.20. The van der Waals surface area contributed by atoms with Gasteiger partial charge in [0.2, 0.25) is 0 Å². The molecule has 0 spiro atoms. The van der Waals surface area contributed by atoms with Crippen molar-refractivity contribution in [2.45, 2.75) is 58.7 Å². The van der Waals surface area contributed by atoms with E-state index in [1.165, 1.54) is 16.5 Å². The first-order chi connectivity index (χ1) is 17.9. The van der Waals surface area contributed by atoms with E-state index in [-0.39, 0.29) is 6.29 Å². The van der Waals surface area contributed by atoms with Crippen molar-refractivity contribution in [1.82, 2.24) is 0 Å². The van der Waals surface area contributed by atoms with Gasteiger partial charge < -0.3 is 19.3 Å². The van der Waals surface area contributed by atoms with Gasteiger partial charge in [0.25, 0.3) is 0 Å². The van der Waals surface area contributed by atoms with Crippen LogP contribution in [-0.4, -0.2) is 24.6 Å². The van der Waals surface area contributed by atoms with Crippen molar-refractivity contribution in [2.75, 3.05) is 13.2 Å². The molecule has 0 aliphatic heterocycles. The van der Waals surface area contributed by atoms with Crippen LogP contribution in [0.15, 0.2) is 84.9 Å². The van der Waals surface area contributed by atoms with Crippen LogP contribution in [0.25, 0.3) is 10.8 Å². The minimum atomic E-state index is -0.375. The van der Waals surface area contributed by atoms with Gasteiger partial charge in [-0.25, -0.2) is 0 Å². The summed E-state index contributed by atoms with van der Waals surface area (Å²) in [5.41, 5.74) is 3.68. The molecule has 0 heterocycles. The molecular weight excluding hydrogens is 460 g/mol. The van der Waals surface area contributed by atoms with Gasteiger partial charge in [0.05, 0.1) is 6.61 Å². The lowest BCUT2D eigenvalue weighted by atomic mass is 9.84. The summed E-state index contributed by atoms with van der Waals surface area (Å²) < 4.78 is 17.9. The maximum atomic E-state index is 9.56. The highest BCUT2D eigenvalue weighted by Crippen LogP contribution is 2.33. The smallest absolute Gasteiger partial charge is 0.197 e. The molecule has 0 aliphatic carbocycles. The van der Waals surface area contributed by atoms with Gasteiger partial charge in [-0.2, -0.15) is 0 Å². The van der Waals surface area contributed by atoms with E-state index in [9.17, 15) is 5.11 Å². The largest absolute Gasteiger partial charge is 0.508 e. The molecule has 0 radical (unpaired) electrons. The molecule has 4 nitrogen and oxygen atoms in total. The Kier molecular flexibility index (Phi) is 9.08. The van der Waals surface area contributed by atoms with Crippen LogP contribution < -0.4 is 9.47 Å². The molecule has 0 aliphatic rings. The summed E-state index contributed by atoms with van der Waals surface area (Å²) in [6, 6.07) is 28.4. The molecule has 37 heavy (non-hydrogen) atoms. The number of aromatic hydroxyl groups is 1. The lowest BCUT2D eigenvalue weighted by molar-refractivity contribution is -0.0738. The summed E-state index contributed by atoms with van der Waals surface area (Å²) in [4.78, 5) is 0. The molecule has 1 N–H and O–H groups in total. The Balaban J connectivity index is 1.25. The predicted molar refractivity (Wildman–Crippen MR) is 151 cm³/mol. The number of fused-ring (bicyclic) bond motifs is 1. The Hall–Kier alpha value is -3.50. The molecule has 4 rings (SSSR count). The van der Waals surface area contributed by atoms with Crippen molar-refractivity contribution in [3.05, 3.63) is 102 Å². The van der Waals surface area contributed by atoms with Crippen molar-refractivity contribution < 1.29 is 19.3 Å². The lowest BCUT2D eigenvalue weighted by Gasteiger charge is -2.21. The van der Waals surface area contributed by atoms with Crippen molar-refractivity contribution >= 4 is 10.8 Å². The average molecular weight is 499 g/mol. The third-order valence-corrected chi connectivity index (χ3v) is 7.01. The van der Waals surface area contributed by atoms with Gasteiger partial charge in [-0.1, -0.05) is 74.5 Å². The number of rotatable bonds is 12. The highest BCUT2D eigenvalue weighted by molar-refractivity contribution is 5.89. The van der Waals surface area contributed by atoms with Gasteiger partial charge in [0.1, 0.15) is 23.9 Å². The number of phenols is 1. The molecule has 4 aromatic rings. The number of benzene rings is 4. The normalized spacial score (nSPS) is 13.7. The monoisotopic (exact) mass is 498 g/mol. The number of aryl methyl sites for hydroxylation is 1. The molecule has 3 atom stereocenters. The first kappa shape index (κ1) is 26.6. The minimum absolute atomic E-state index is 0.309. The Bertz CT molecular complexity index is 1260. The van der Waals surface area contributed by atoms with E-state index in [2.05, 4.69) is 57.2 Å². The maximum Gasteiger partial charge on any atom is 0.197 e. The van der Waals surface area contributed by atoms with Crippen LogP contribution in [0.5, 0.6) is 17.2 Å². The summed E-state index contributed by atoms with van der Waals surface area (Å²) >= 11 is 0. The van der Waals surface area contributed by atoms with Gasteiger partial charge in [-0.05, 0) is 84.9 Å². The Labute approximate surface area is 220 Å². The molecule has 194 valence electrons. The average Bonchev–Trinajstić information content (AvgIpc) is 2.91. The highest BCUT2D eigenvalue weighted by atomic mass is 16.7. The standard InChI is InChI=1S/C33H38O4/c1-5-26(22-24(3)27-12-16-30(34)17-13-27)28-14-18-31(19-15-28)37-25(4)35-20-21-36-33-23(2)10-11-29-8-6-7-9-32(29)33/h6-19,24-26,34H,5,20-22H2,1-4H3. The summed E-state index contributed by atoms with van der Waals surface area (Å²) in [5, 5.41) is 11.8. The predicted octanol–water partition coefficient (Wildman–Crippen LogP) is 8.36. The molecule has 0 saturated carbocycles. The second kappa shape index (κ2) is 12.6. The number of hydrogen-bond acceptors (Lipinski definition) is 4. The third-order valence-electron chi connectivity index (χ3n) is 7.01. The number of ether oxygens (including phenoxy) is 3. The molecule has 0 fully saturated rings. The van der Waals surface area contributed by atoms with Crippen LogP contribution in [0.1, 0.15) is 62.1 Å². The zero-order valence-electron chi connectivity index (χ0n) is 22.3. The minimum Gasteiger partial charge on any atom is -0.508 e. The second-order valence-electron chi connectivity index (χ2n) is 9.74. The third kappa shape index (κ3) is 7.05. The van der Waals surface area contributed by atoms with Crippen LogP contribution in [-0.2, 0) is 4.74 Å². The van der Waals surface area contributed by atoms with Gasteiger partial charge in [-0.15, -0.1) is 0 Å². The van der Waals surface area contributed by atoms with E-state index in [0.717, 1.165) is 35.3 Å². The maximum absolute atomic E-state index is 9.56. The van der Waals surface area contributed by atoms with Crippen LogP contribution in [0.4, 0.5) is 0 Å². The molecule has 0 saturated heterocycles. The topological polar surface area (TPSA) is 47.9 Å². The molecular formula is C33H38O4. The summed E-state index contributed by atoms with van der Waals surface area (Å²) in [6.07, 6.45) is 1.75. The summed E-state index contributed by atoms with van der Waals surface area (Å²) in [5.74, 6) is 2.89. The Morgan fingerprint density at radius 3 is 2.22 bits per heavy atom. The molecule has 4 heteroatoms. The van der Waals surface area contributed by atoms with Crippen LogP contribution in [0.2, 0.25) is 0 Å². The molecule has 3 unspecified atom stereocenters. The van der Waals surface area contributed by atoms with Crippen LogP contribution in [0.3, 0.4) is 0 Å². The van der Waals surface area contributed by atoms with Crippen molar-refractivity contribution in [3.63, 3.8) is 0 Å². The van der Waals surface area contributed by atoms with Crippen molar-refractivity contribution in [2.24, 2.45) is 0 Å².